The van der Waals surface area contributed by atoms with Gasteiger partial charge in [-0.05, 0) is 13.8 Å². The summed E-state index contributed by atoms with van der Waals surface area (Å²) in [6.45, 7) is 4.13. The number of hydrogen-bond acceptors (Lipinski definition) is 1. The summed E-state index contributed by atoms with van der Waals surface area (Å²) in [5.41, 5.74) is 0. The van der Waals surface area contributed by atoms with Crippen molar-refractivity contribution in [3.63, 3.8) is 0 Å². The summed E-state index contributed by atoms with van der Waals surface area (Å²) >= 11 is 0. The van der Waals surface area contributed by atoms with Gasteiger partial charge >= 0.3 is 0 Å². The van der Waals surface area contributed by atoms with Crippen LogP contribution in [0, 0.1) is 5.41 Å². The second kappa shape index (κ2) is 4.06. The SMILES string of the molecule is CC(C)N(C)C=NC=N. The van der Waals surface area contributed by atoms with Crippen LogP contribution in [-0.2, 0) is 0 Å². The van der Waals surface area contributed by atoms with Crippen LogP contribution >= 0.6 is 0 Å². The maximum absolute atomic E-state index is 6.59. The van der Waals surface area contributed by atoms with Crippen LogP contribution in [0.15, 0.2) is 4.99 Å². The van der Waals surface area contributed by atoms with E-state index >= 15 is 0 Å². The van der Waals surface area contributed by atoms with E-state index in [1.165, 1.54) is 0 Å². The van der Waals surface area contributed by atoms with E-state index in [2.05, 4.69) is 18.8 Å². The van der Waals surface area contributed by atoms with E-state index in [0.717, 1.165) is 6.34 Å². The second-order valence-corrected chi connectivity index (χ2v) is 2.15. The molecule has 0 aliphatic heterocycles. The highest BCUT2D eigenvalue weighted by atomic mass is 15.1. The number of hydrogen-bond donors (Lipinski definition) is 1. The van der Waals surface area contributed by atoms with E-state index in [1.807, 2.05) is 11.9 Å². The Morgan fingerprint density at radius 2 is 2.11 bits per heavy atom. The van der Waals surface area contributed by atoms with E-state index < -0.39 is 0 Å². The van der Waals surface area contributed by atoms with Crippen LogP contribution in [0.3, 0.4) is 0 Å². The van der Waals surface area contributed by atoms with Gasteiger partial charge in [0.15, 0.2) is 0 Å². The van der Waals surface area contributed by atoms with Gasteiger partial charge in [0, 0.05) is 13.1 Å². The molecule has 0 rings (SSSR count). The van der Waals surface area contributed by atoms with Gasteiger partial charge in [-0.2, -0.15) is 0 Å². The first kappa shape index (κ1) is 8.14. The lowest BCUT2D eigenvalue weighted by molar-refractivity contribution is 0.430. The molecule has 0 saturated carbocycles. The van der Waals surface area contributed by atoms with E-state index in [4.69, 9.17) is 5.41 Å². The number of rotatable bonds is 3. The average Bonchev–Trinajstić information content (AvgIpc) is 1.82. The van der Waals surface area contributed by atoms with Crippen molar-refractivity contribution in [2.45, 2.75) is 19.9 Å². The molecule has 3 nitrogen and oxygen atoms in total. The highest BCUT2D eigenvalue weighted by Crippen LogP contribution is 1.87. The maximum Gasteiger partial charge on any atom is 0.108 e. The van der Waals surface area contributed by atoms with Crippen LogP contribution in [0.4, 0.5) is 0 Å². The molecule has 0 radical (unpaired) electrons. The van der Waals surface area contributed by atoms with Crippen LogP contribution in [0.25, 0.3) is 0 Å². The minimum atomic E-state index is 0.452. The maximum atomic E-state index is 6.59. The predicted molar refractivity (Wildman–Crippen MR) is 40.2 cm³/mol. The molecule has 0 spiro atoms. The van der Waals surface area contributed by atoms with Gasteiger partial charge < -0.3 is 4.90 Å². The molecule has 1 N–H and O–H groups in total. The van der Waals surface area contributed by atoms with Crippen molar-refractivity contribution in [1.82, 2.24) is 4.90 Å². The first-order chi connectivity index (χ1) is 4.18. The lowest BCUT2D eigenvalue weighted by Crippen LogP contribution is -2.24. The fraction of sp³-hybridized carbons (Fsp3) is 0.667. The van der Waals surface area contributed by atoms with Crippen LogP contribution in [0.2, 0.25) is 0 Å². The molecule has 0 atom stereocenters. The molecule has 52 valence electrons. The molecule has 0 aromatic carbocycles. The first-order valence-electron chi connectivity index (χ1n) is 2.92. The number of nitrogens with one attached hydrogen (secondary N) is 1. The normalized spacial score (nSPS) is 10.7. The molecule has 0 unspecified atom stereocenters. The molecule has 3 heteroatoms. The summed E-state index contributed by atoms with van der Waals surface area (Å²) in [5, 5.41) is 6.59. The molecule has 0 aliphatic rings. The second-order valence-electron chi connectivity index (χ2n) is 2.15. The lowest BCUT2D eigenvalue weighted by atomic mass is 10.4. The van der Waals surface area contributed by atoms with Crippen LogP contribution in [0.5, 0.6) is 0 Å². The van der Waals surface area contributed by atoms with Gasteiger partial charge in [0.1, 0.15) is 6.34 Å². The molecule has 9 heavy (non-hydrogen) atoms. The monoisotopic (exact) mass is 127 g/mol. The van der Waals surface area contributed by atoms with Crippen molar-refractivity contribution >= 4 is 12.7 Å². The van der Waals surface area contributed by atoms with Crippen LogP contribution < -0.4 is 0 Å². The summed E-state index contributed by atoms with van der Waals surface area (Å²) in [5.74, 6) is 0. The largest absolute Gasteiger partial charge is 0.363 e. The Morgan fingerprint density at radius 1 is 1.56 bits per heavy atom. The van der Waals surface area contributed by atoms with E-state index in [1.54, 1.807) is 6.34 Å². The Morgan fingerprint density at radius 3 is 2.44 bits per heavy atom. The summed E-state index contributed by atoms with van der Waals surface area (Å²) in [4.78, 5) is 5.57. The third-order valence-electron chi connectivity index (χ3n) is 1.14. The Balaban J connectivity index is 3.61. The molecule has 0 bridgehead atoms. The van der Waals surface area contributed by atoms with Crippen molar-refractivity contribution in [3.05, 3.63) is 0 Å². The highest BCUT2D eigenvalue weighted by Gasteiger charge is 1.94. The molecule has 0 heterocycles. The summed E-state index contributed by atoms with van der Waals surface area (Å²) < 4.78 is 0. The summed E-state index contributed by atoms with van der Waals surface area (Å²) in [6.07, 6.45) is 2.66. The van der Waals surface area contributed by atoms with Crippen molar-refractivity contribution in [2.75, 3.05) is 7.05 Å². The van der Waals surface area contributed by atoms with Gasteiger partial charge in [-0.25, -0.2) is 4.99 Å². The average molecular weight is 127 g/mol. The summed E-state index contributed by atoms with van der Waals surface area (Å²) in [6, 6.07) is 0.452. The van der Waals surface area contributed by atoms with Gasteiger partial charge in [0.2, 0.25) is 0 Å². The van der Waals surface area contributed by atoms with E-state index in [-0.39, 0.29) is 0 Å². The van der Waals surface area contributed by atoms with E-state index in [0.29, 0.717) is 6.04 Å². The molecule has 0 fully saturated rings. The van der Waals surface area contributed by atoms with Crippen molar-refractivity contribution in [2.24, 2.45) is 4.99 Å². The highest BCUT2D eigenvalue weighted by molar-refractivity contribution is 5.68. The Bertz CT molecular complexity index is 107. The molecule has 0 aliphatic carbocycles. The minimum absolute atomic E-state index is 0.452. The number of nitrogens with zero attached hydrogens (tertiary/aromatic N) is 2. The zero-order valence-corrected chi connectivity index (χ0v) is 6.13. The first-order valence-corrected chi connectivity index (χ1v) is 2.92. The van der Waals surface area contributed by atoms with Gasteiger partial charge in [-0.1, -0.05) is 0 Å². The minimum Gasteiger partial charge on any atom is -0.363 e. The van der Waals surface area contributed by atoms with Gasteiger partial charge in [-0.15, -0.1) is 0 Å². The molecular weight excluding hydrogens is 114 g/mol. The molecule has 0 aromatic rings. The molecule has 0 amide bonds. The van der Waals surface area contributed by atoms with Crippen LogP contribution in [-0.4, -0.2) is 30.7 Å². The van der Waals surface area contributed by atoms with Crippen molar-refractivity contribution < 1.29 is 0 Å². The summed E-state index contributed by atoms with van der Waals surface area (Å²) in [7, 11) is 1.93. The molecule has 0 aromatic heterocycles. The van der Waals surface area contributed by atoms with Crippen LogP contribution in [0.1, 0.15) is 13.8 Å². The van der Waals surface area contributed by atoms with E-state index in [9.17, 15) is 0 Å². The van der Waals surface area contributed by atoms with Gasteiger partial charge in [-0.3, -0.25) is 5.41 Å². The Kier molecular flexibility index (Phi) is 3.67. The third kappa shape index (κ3) is 3.70. The van der Waals surface area contributed by atoms with Crippen molar-refractivity contribution in [1.29, 1.82) is 5.41 Å². The zero-order valence-electron chi connectivity index (χ0n) is 6.13. The molecule has 0 saturated heterocycles. The van der Waals surface area contributed by atoms with Crippen molar-refractivity contribution in [3.8, 4) is 0 Å². The number of aliphatic imine (C=N–C) groups is 1. The topological polar surface area (TPSA) is 39.5 Å². The Hall–Kier alpha value is -0.860. The van der Waals surface area contributed by atoms with Gasteiger partial charge in [0.25, 0.3) is 0 Å². The standard InChI is InChI=1S/C6H13N3/c1-6(2)9(3)5-8-4-7/h4-7H,1-3H3. The third-order valence-corrected chi connectivity index (χ3v) is 1.14. The fourth-order valence-corrected chi connectivity index (χ4v) is 0.272. The Labute approximate surface area is 55.9 Å². The quantitative estimate of drug-likeness (QED) is 0.445. The van der Waals surface area contributed by atoms with Gasteiger partial charge in [0.05, 0.1) is 6.34 Å². The zero-order chi connectivity index (χ0) is 7.28. The predicted octanol–water partition coefficient (Wildman–Crippen LogP) is 0.962. The molecular formula is C6H13N3. The fourth-order valence-electron chi connectivity index (χ4n) is 0.272. The smallest absolute Gasteiger partial charge is 0.108 e. The lowest BCUT2D eigenvalue weighted by Gasteiger charge is -2.16.